The van der Waals surface area contributed by atoms with Crippen molar-refractivity contribution in [2.75, 3.05) is 13.1 Å². The van der Waals surface area contributed by atoms with Gasteiger partial charge in [-0.05, 0) is 48.9 Å². The lowest BCUT2D eigenvalue weighted by molar-refractivity contribution is 0.0374. The Morgan fingerprint density at radius 3 is 2.64 bits per heavy atom. The Hall–Kier alpha value is -2.44. The molecule has 1 aliphatic carbocycles. The van der Waals surface area contributed by atoms with Crippen molar-refractivity contribution >= 4 is 28.5 Å². The van der Waals surface area contributed by atoms with Crippen LogP contribution in [0.25, 0.3) is 11.0 Å². The van der Waals surface area contributed by atoms with Crippen LogP contribution in [0.2, 0.25) is 5.02 Å². The Labute approximate surface area is 167 Å². The maximum Gasteiger partial charge on any atom is 0.272 e. The molecule has 0 bridgehead atoms. The van der Waals surface area contributed by atoms with Crippen LogP contribution in [-0.2, 0) is 0 Å². The normalized spacial score (nSPS) is 27.1. The highest BCUT2D eigenvalue weighted by Crippen LogP contribution is 2.42. The van der Waals surface area contributed by atoms with Crippen molar-refractivity contribution in [2.45, 2.75) is 25.0 Å². The zero-order valence-corrected chi connectivity index (χ0v) is 16.0. The summed E-state index contributed by atoms with van der Waals surface area (Å²) >= 11 is 5.88. The molecule has 0 spiro atoms. The Bertz CT molecular complexity index is 1020. The second-order valence-corrected chi connectivity index (χ2v) is 8.28. The number of aliphatic hydroxyl groups excluding tert-OH is 1. The first-order chi connectivity index (χ1) is 13.6. The number of aliphatic hydroxyl groups is 1. The first-order valence-electron chi connectivity index (χ1n) is 9.60. The minimum atomic E-state index is -0.442. The summed E-state index contributed by atoms with van der Waals surface area (Å²) in [4.78, 5) is 23.3. The molecule has 1 aliphatic heterocycles. The zero-order valence-electron chi connectivity index (χ0n) is 15.3. The maximum absolute atomic E-state index is 12.8. The molecule has 144 valence electrons. The number of pyridine rings is 1. The third-order valence-electron chi connectivity index (χ3n) is 6.18. The smallest absolute Gasteiger partial charge is 0.272 e. The van der Waals surface area contributed by atoms with Gasteiger partial charge in [0, 0.05) is 19.3 Å². The summed E-state index contributed by atoms with van der Waals surface area (Å²) < 4.78 is 2.10. The van der Waals surface area contributed by atoms with Gasteiger partial charge in [-0.1, -0.05) is 23.7 Å². The SMILES string of the molecule is O=C(c1ccc(Cl)cn1)N1C[C@H]2C[C@@H](n3cnc4ccccc43)[C@H](O)C[C@H]2C1. The number of nitrogens with zero attached hydrogens (tertiary/aromatic N) is 4. The standard InChI is InChI=1S/C21H21ClN4O2/c22-15-5-6-17(23-9-15)21(28)25-10-13-7-19(20(27)8-14(13)11-25)26-12-24-16-3-1-2-4-18(16)26/h1-6,9,12-14,19-20,27H,7-8,10-11H2/t13-,14+,19-,20-/m1/s1. The van der Waals surface area contributed by atoms with E-state index in [0.717, 1.165) is 17.5 Å². The Morgan fingerprint density at radius 2 is 1.86 bits per heavy atom. The molecule has 4 atom stereocenters. The molecule has 0 unspecified atom stereocenters. The fourth-order valence-electron chi connectivity index (χ4n) is 4.78. The van der Waals surface area contributed by atoms with Crippen LogP contribution in [0.15, 0.2) is 48.9 Å². The molecular formula is C21H21ClN4O2. The van der Waals surface area contributed by atoms with Gasteiger partial charge in [-0.2, -0.15) is 0 Å². The maximum atomic E-state index is 12.8. The third kappa shape index (κ3) is 2.97. The van der Waals surface area contributed by atoms with Crippen molar-refractivity contribution in [2.24, 2.45) is 11.8 Å². The van der Waals surface area contributed by atoms with Crippen molar-refractivity contribution in [3.63, 3.8) is 0 Å². The molecule has 1 aromatic carbocycles. The molecule has 3 aromatic rings. The van der Waals surface area contributed by atoms with E-state index in [0.29, 0.717) is 42.1 Å². The Kier molecular flexibility index (Phi) is 4.33. The van der Waals surface area contributed by atoms with Crippen LogP contribution in [-0.4, -0.2) is 49.6 Å². The van der Waals surface area contributed by atoms with Gasteiger partial charge in [-0.25, -0.2) is 9.97 Å². The van der Waals surface area contributed by atoms with Gasteiger partial charge in [0.05, 0.1) is 34.5 Å². The highest BCUT2D eigenvalue weighted by molar-refractivity contribution is 6.30. The highest BCUT2D eigenvalue weighted by atomic mass is 35.5. The van der Waals surface area contributed by atoms with Crippen LogP contribution in [0.1, 0.15) is 29.4 Å². The van der Waals surface area contributed by atoms with Crippen LogP contribution >= 0.6 is 11.6 Å². The number of carbonyl (C=O) groups excluding carboxylic acids is 1. The molecule has 7 heteroatoms. The number of benzene rings is 1. The number of imidazole rings is 1. The monoisotopic (exact) mass is 396 g/mol. The van der Waals surface area contributed by atoms with Gasteiger partial charge >= 0.3 is 0 Å². The lowest BCUT2D eigenvalue weighted by Crippen LogP contribution is -2.36. The van der Waals surface area contributed by atoms with Crippen molar-refractivity contribution < 1.29 is 9.90 Å². The van der Waals surface area contributed by atoms with Gasteiger partial charge < -0.3 is 14.6 Å². The van der Waals surface area contributed by atoms with E-state index in [1.54, 1.807) is 12.1 Å². The molecule has 6 nitrogen and oxygen atoms in total. The predicted octanol–water partition coefficient (Wildman–Crippen LogP) is 3.17. The lowest BCUT2D eigenvalue weighted by Gasteiger charge is -2.36. The summed E-state index contributed by atoms with van der Waals surface area (Å²) in [5, 5.41) is 11.4. The fourth-order valence-corrected chi connectivity index (χ4v) is 4.89. The Morgan fingerprint density at radius 1 is 1.07 bits per heavy atom. The molecule has 3 heterocycles. The van der Waals surface area contributed by atoms with E-state index in [9.17, 15) is 9.90 Å². The third-order valence-corrected chi connectivity index (χ3v) is 6.40. The summed E-state index contributed by atoms with van der Waals surface area (Å²) in [5.41, 5.74) is 2.40. The van der Waals surface area contributed by atoms with E-state index in [1.165, 1.54) is 6.20 Å². The average molecular weight is 397 g/mol. The number of halogens is 1. The first kappa shape index (κ1) is 17.6. The molecule has 1 saturated heterocycles. The van der Waals surface area contributed by atoms with Gasteiger partial charge in [0.2, 0.25) is 0 Å². The van der Waals surface area contributed by atoms with Crippen LogP contribution < -0.4 is 0 Å². The summed E-state index contributed by atoms with van der Waals surface area (Å²) in [6.07, 6.45) is 4.42. The number of hydrogen-bond acceptors (Lipinski definition) is 4. The zero-order chi connectivity index (χ0) is 19.3. The van der Waals surface area contributed by atoms with E-state index in [1.807, 2.05) is 35.5 Å². The van der Waals surface area contributed by atoms with Crippen LogP contribution in [0.3, 0.4) is 0 Å². The van der Waals surface area contributed by atoms with E-state index in [2.05, 4.69) is 14.5 Å². The van der Waals surface area contributed by atoms with Gasteiger partial charge in [0.1, 0.15) is 5.69 Å². The number of para-hydroxylation sites is 2. The molecule has 1 amide bonds. The molecule has 2 aliphatic rings. The molecule has 1 saturated carbocycles. The number of fused-ring (bicyclic) bond motifs is 2. The van der Waals surface area contributed by atoms with E-state index >= 15 is 0 Å². The fraction of sp³-hybridized carbons (Fsp3) is 0.381. The Balaban J connectivity index is 1.35. The molecule has 2 fully saturated rings. The minimum Gasteiger partial charge on any atom is -0.391 e. The minimum absolute atomic E-state index is 0.0163. The van der Waals surface area contributed by atoms with Crippen molar-refractivity contribution in [1.29, 1.82) is 0 Å². The predicted molar refractivity (Wildman–Crippen MR) is 106 cm³/mol. The number of aromatic nitrogens is 3. The second kappa shape index (κ2) is 6.87. The van der Waals surface area contributed by atoms with Gasteiger partial charge in [0.15, 0.2) is 0 Å². The highest BCUT2D eigenvalue weighted by Gasteiger charge is 2.44. The average Bonchev–Trinajstić information content (AvgIpc) is 3.31. The van der Waals surface area contributed by atoms with Crippen LogP contribution in [0.5, 0.6) is 0 Å². The van der Waals surface area contributed by atoms with Crippen molar-refractivity contribution in [3.05, 3.63) is 59.6 Å². The lowest BCUT2D eigenvalue weighted by atomic mass is 9.77. The number of carbonyl (C=O) groups is 1. The van der Waals surface area contributed by atoms with Crippen molar-refractivity contribution in [3.8, 4) is 0 Å². The topological polar surface area (TPSA) is 71.2 Å². The molecule has 0 radical (unpaired) electrons. The molecule has 2 aromatic heterocycles. The number of rotatable bonds is 2. The second-order valence-electron chi connectivity index (χ2n) is 7.84. The summed E-state index contributed by atoms with van der Waals surface area (Å²) in [6.45, 7) is 1.37. The summed E-state index contributed by atoms with van der Waals surface area (Å²) in [7, 11) is 0. The van der Waals surface area contributed by atoms with Gasteiger partial charge in [-0.3, -0.25) is 4.79 Å². The van der Waals surface area contributed by atoms with Crippen LogP contribution in [0, 0.1) is 11.8 Å². The largest absolute Gasteiger partial charge is 0.391 e. The van der Waals surface area contributed by atoms with Crippen molar-refractivity contribution in [1.82, 2.24) is 19.4 Å². The molecule has 5 rings (SSSR count). The van der Waals surface area contributed by atoms with Gasteiger partial charge in [0.25, 0.3) is 5.91 Å². The van der Waals surface area contributed by atoms with E-state index in [4.69, 9.17) is 11.6 Å². The molecular weight excluding hydrogens is 376 g/mol. The first-order valence-corrected chi connectivity index (χ1v) is 9.98. The number of hydrogen-bond donors (Lipinski definition) is 1. The van der Waals surface area contributed by atoms with E-state index in [-0.39, 0.29) is 11.9 Å². The number of amides is 1. The summed E-state index contributed by atoms with van der Waals surface area (Å²) in [6, 6.07) is 11.3. The quantitative estimate of drug-likeness (QED) is 0.722. The summed E-state index contributed by atoms with van der Waals surface area (Å²) in [5.74, 6) is 0.619. The number of likely N-dealkylation sites (tertiary alicyclic amines) is 1. The molecule has 28 heavy (non-hydrogen) atoms. The van der Waals surface area contributed by atoms with Gasteiger partial charge in [-0.15, -0.1) is 0 Å². The molecule has 1 N–H and O–H groups in total. The van der Waals surface area contributed by atoms with Crippen LogP contribution in [0.4, 0.5) is 0 Å². The van der Waals surface area contributed by atoms with E-state index < -0.39 is 6.10 Å².